The Bertz CT molecular complexity index is 566. The van der Waals surface area contributed by atoms with Gasteiger partial charge in [0.1, 0.15) is 0 Å². The van der Waals surface area contributed by atoms with E-state index in [2.05, 4.69) is 54.6 Å². The first-order valence-electron chi connectivity index (χ1n) is 11.3. The van der Waals surface area contributed by atoms with Crippen LogP contribution < -0.4 is 0 Å². The molecule has 3 rings (SSSR count). The minimum absolute atomic E-state index is 0.713. The van der Waals surface area contributed by atoms with Crippen molar-refractivity contribution in [2.75, 3.05) is 0 Å². The Morgan fingerprint density at radius 3 is 2.15 bits per heavy atom. The standard InChI is InChI=1S/C25H39I/c1-3-24(16-17-24)14-8-4-6-10-22-12-13-23(21(2)20-22)11-7-5-9-15-25(26)18-19-25/h12-13,20H,3-11,14-19H2,1-2H3. The molecule has 0 N–H and O–H groups in total. The molecule has 2 saturated carbocycles. The first-order chi connectivity index (χ1) is 12.5. The minimum Gasteiger partial charge on any atom is -0.0789 e. The Morgan fingerprint density at radius 1 is 0.846 bits per heavy atom. The SMILES string of the molecule is CCC1(CCCCCc2ccc(CCCCCC3(I)CC3)c(C)c2)CC1. The third-order valence-electron chi connectivity index (χ3n) is 7.15. The molecule has 146 valence electrons. The van der Waals surface area contributed by atoms with Crippen molar-refractivity contribution in [3.05, 3.63) is 34.9 Å². The summed E-state index contributed by atoms with van der Waals surface area (Å²) in [6.45, 7) is 4.70. The van der Waals surface area contributed by atoms with E-state index < -0.39 is 0 Å². The van der Waals surface area contributed by atoms with Gasteiger partial charge in [0.2, 0.25) is 0 Å². The summed E-state index contributed by atoms with van der Waals surface area (Å²) in [7, 11) is 0. The van der Waals surface area contributed by atoms with Crippen molar-refractivity contribution in [2.45, 2.75) is 114 Å². The maximum absolute atomic E-state index is 2.68. The second-order valence-electron chi connectivity index (χ2n) is 9.39. The van der Waals surface area contributed by atoms with Gasteiger partial charge in [0, 0.05) is 3.42 Å². The van der Waals surface area contributed by atoms with Gasteiger partial charge < -0.3 is 0 Å². The number of halogens is 1. The zero-order valence-electron chi connectivity index (χ0n) is 17.2. The van der Waals surface area contributed by atoms with Gasteiger partial charge in [0.15, 0.2) is 0 Å². The van der Waals surface area contributed by atoms with Gasteiger partial charge in [-0.3, -0.25) is 0 Å². The van der Waals surface area contributed by atoms with Crippen molar-refractivity contribution in [2.24, 2.45) is 5.41 Å². The minimum atomic E-state index is 0.713. The van der Waals surface area contributed by atoms with E-state index in [-0.39, 0.29) is 0 Å². The predicted octanol–water partition coefficient (Wildman–Crippen LogP) is 8.36. The maximum Gasteiger partial charge on any atom is 0.0223 e. The molecule has 0 amide bonds. The van der Waals surface area contributed by atoms with Crippen LogP contribution in [0.25, 0.3) is 0 Å². The van der Waals surface area contributed by atoms with Crippen LogP contribution in [0.15, 0.2) is 18.2 Å². The fourth-order valence-electron chi connectivity index (χ4n) is 4.48. The first kappa shape index (κ1) is 20.7. The Kier molecular flexibility index (Phi) is 7.50. The molecule has 0 aromatic heterocycles. The smallest absolute Gasteiger partial charge is 0.0223 e. The number of aryl methyl sites for hydroxylation is 3. The molecule has 0 spiro atoms. The van der Waals surface area contributed by atoms with E-state index in [4.69, 9.17) is 0 Å². The molecule has 0 heterocycles. The van der Waals surface area contributed by atoms with Crippen LogP contribution in [0.4, 0.5) is 0 Å². The van der Waals surface area contributed by atoms with Gasteiger partial charge in [0.05, 0.1) is 0 Å². The van der Waals surface area contributed by atoms with E-state index in [0.717, 1.165) is 5.41 Å². The predicted molar refractivity (Wildman–Crippen MR) is 123 cm³/mol. The van der Waals surface area contributed by atoms with Gasteiger partial charge in [-0.2, -0.15) is 0 Å². The van der Waals surface area contributed by atoms with Gasteiger partial charge >= 0.3 is 0 Å². The molecule has 0 aliphatic heterocycles. The molecular weight excluding hydrogens is 427 g/mol. The van der Waals surface area contributed by atoms with Crippen molar-refractivity contribution in [1.29, 1.82) is 0 Å². The number of hydrogen-bond donors (Lipinski definition) is 0. The summed E-state index contributed by atoms with van der Waals surface area (Å²) >= 11 is 2.68. The van der Waals surface area contributed by atoms with Crippen molar-refractivity contribution >= 4 is 22.6 Å². The molecule has 0 atom stereocenters. The third-order valence-corrected chi connectivity index (χ3v) is 8.77. The second kappa shape index (κ2) is 9.43. The Labute approximate surface area is 176 Å². The van der Waals surface area contributed by atoms with E-state index in [1.165, 1.54) is 102 Å². The van der Waals surface area contributed by atoms with E-state index in [1.807, 2.05) is 0 Å². The molecule has 2 aliphatic carbocycles. The van der Waals surface area contributed by atoms with Crippen LogP contribution >= 0.6 is 22.6 Å². The van der Waals surface area contributed by atoms with Crippen LogP contribution in [0.1, 0.15) is 107 Å². The molecule has 2 fully saturated rings. The highest BCUT2D eigenvalue weighted by Gasteiger charge is 2.39. The van der Waals surface area contributed by atoms with Crippen LogP contribution in [0.3, 0.4) is 0 Å². The molecule has 1 heteroatoms. The van der Waals surface area contributed by atoms with Crippen LogP contribution in [-0.2, 0) is 12.8 Å². The summed E-state index contributed by atoms with van der Waals surface area (Å²) in [6.07, 6.45) is 21.3. The summed E-state index contributed by atoms with van der Waals surface area (Å²) in [6, 6.07) is 7.29. The number of rotatable bonds is 13. The fourth-order valence-corrected chi connectivity index (χ4v) is 5.13. The van der Waals surface area contributed by atoms with Crippen molar-refractivity contribution < 1.29 is 0 Å². The first-order valence-corrected chi connectivity index (χ1v) is 12.4. The molecule has 1 aromatic carbocycles. The zero-order valence-corrected chi connectivity index (χ0v) is 19.4. The molecule has 0 saturated heterocycles. The molecule has 0 bridgehead atoms. The lowest BCUT2D eigenvalue weighted by atomic mass is 9.94. The summed E-state index contributed by atoms with van der Waals surface area (Å²) in [5, 5.41) is 0. The van der Waals surface area contributed by atoms with E-state index >= 15 is 0 Å². The average molecular weight is 466 g/mol. The Balaban J connectivity index is 1.29. The van der Waals surface area contributed by atoms with Gasteiger partial charge in [0.25, 0.3) is 0 Å². The number of alkyl halides is 1. The molecule has 0 radical (unpaired) electrons. The van der Waals surface area contributed by atoms with Crippen molar-refractivity contribution in [3.8, 4) is 0 Å². The summed E-state index contributed by atoms with van der Waals surface area (Å²) in [5.74, 6) is 0. The van der Waals surface area contributed by atoms with E-state index in [9.17, 15) is 0 Å². The second-order valence-corrected chi connectivity index (χ2v) is 11.7. The van der Waals surface area contributed by atoms with Crippen LogP contribution in [-0.4, -0.2) is 3.42 Å². The van der Waals surface area contributed by atoms with Gasteiger partial charge in [-0.1, -0.05) is 79.8 Å². The quantitative estimate of drug-likeness (QED) is 0.156. The zero-order chi connectivity index (χ0) is 18.5. The highest BCUT2D eigenvalue weighted by molar-refractivity contribution is 14.1. The van der Waals surface area contributed by atoms with Crippen LogP contribution in [0.2, 0.25) is 0 Å². The molecule has 0 nitrogen and oxygen atoms in total. The summed E-state index contributed by atoms with van der Waals surface area (Å²) in [5.41, 5.74) is 5.46. The average Bonchev–Trinajstić information content (AvgIpc) is 3.55. The van der Waals surface area contributed by atoms with E-state index in [0.29, 0.717) is 3.42 Å². The van der Waals surface area contributed by atoms with Crippen molar-refractivity contribution in [1.82, 2.24) is 0 Å². The molecule has 2 aliphatic rings. The Hall–Kier alpha value is -0.0500. The number of hydrogen-bond acceptors (Lipinski definition) is 0. The fraction of sp³-hybridized carbons (Fsp3) is 0.760. The maximum atomic E-state index is 2.68. The summed E-state index contributed by atoms with van der Waals surface area (Å²) in [4.78, 5) is 0. The van der Waals surface area contributed by atoms with Crippen molar-refractivity contribution in [3.63, 3.8) is 0 Å². The van der Waals surface area contributed by atoms with Crippen LogP contribution in [0, 0.1) is 12.3 Å². The van der Waals surface area contributed by atoms with E-state index in [1.54, 1.807) is 11.1 Å². The van der Waals surface area contributed by atoms with Gasteiger partial charge in [-0.05, 0) is 93.2 Å². The van der Waals surface area contributed by atoms with Gasteiger partial charge in [-0.25, -0.2) is 0 Å². The highest BCUT2D eigenvalue weighted by atomic mass is 127. The van der Waals surface area contributed by atoms with Crippen LogP contribution in [0.5, 0.6) is 0 Å². The Morgan fingerprint density at radius 2 is 1.54 bits per heavy atom. The monoisotopic (exact) mass is 466 g/mol. The molecule has 0 unspecified atom stereocenters. The third kappa shape index (κ3) is 6.53. The largest absolute Gasteiger partial charge is 0.0789 e. The lowest BCUT2D eigenvalue weighted by Crippen LogP contribution is -1.98. The topological polar surface area (TPSA) is 0 Å². The number of benzene rings is 1. The van der Waals surface area contributed by atoms with Gasteiger partial charge in [-0.15, -0.1) is 0 Å². The lowest BCUT2D eigenvalue weighted by molar-refractivity contribution is 0.422. The highest BCUT2D eigenvalue weighted by Crippen LogP contribution is 2.52. The molecule has 26 heavy (non-hydrogen) atoms. The summed E-state index contributed by atoms with van der Waals surface area (Å²) < 4.78 is 0.713. The normalized spacial score (nSPS) is 19.5. The number of unbranched alkanes of at least 4 members (excludes halogenated alkanes) is 4. The lowest BCUT2D eigenvalue weighted by Gasteiger charge is -2.12. The molecular formula is C25H39I. The molecule has 1 aromatic rings.